The summed E-state index contributed by atoms with van der Waals surface area (Å²) >= 11 is 0. The van der Waals surface area contributed by atoms with Crippen LogP contribution in [0.15, 0.2) is 65.7 Å². The minimum atomic E-state index is -1.57. The van der Waals surface area contributed by atoms with E-state index in [1.54, 1.807) is 24.3 Å². The summed E-state index contributed by atoms with van der Waals surface area (Å²) in [6, 6.07) is 11.3. The number of nitrogens with zero attached hydrogens (tertiary/aromatic N) is 5. The monoisotopic (exact) mass is 508 g/mol. The van der Waals surface area contributed by atoms with Gasteiger partial charge in [-0.1, -0.05) is 18.2 Å². The van der Waals surface area contributed by atoms with Crippen LogP contribution in [0.3, 0.4) is 0 Å². The lowest BCUT2D eigenvalue weighted by Crippen LogP contribution is -2.31. The first kappa shape index (κ1) is 25.7. The van der Waals surface area contributed by atoms with Gasteiger partial charge in [-0.3, -0.25) is 9.59 Å². The standard InChI is InChI=1S/C26H23F3N6O2/c1-34(2)9-8-30-26(37)19-13-31-25(32-14-19)17-5-3-4-16(10-17)15-35-23(36)7-6-22(33-35)18-11-20(27)24(29)21(28)12-18/h3-7,10-14H,8-9,15H2,1-2H3,(H,30,37). The van der Waals surface area contributed by atoms with Crippen molar-refractivity contribution in [3.63, 3.8) is 0 Å². The van der Waals surface area contributed by atoms with Gasteiger partial charge in [0.2, 0.25) is 0 Å². The van der Waals surface area contributed by atoms with Gasteiger partial charge in [0.15, 0.2) is 23.3 Å². The van der Waals surface area contributed by atoms with Crippen molar-refractivity contribution >= 4 is 5.91 Å². The lowest BCUT2D eigenvalue weighted by Gasteiger charge is -2.10. The van der Waals surface area contributed by atoms with Gasteiger partial charge in [0.05, 0.1) is 17.8 Å². The molecule has 11 heteroatoms. The third kappa shape index (κ3) is 6.25. The molecule has 0 saturated heterocycles. The third-order valence-electron chi connectivity index (χ3n) is 5.42. The summed E-state index contributed by atoms with van der Waals surface area (Å²) < 4.78 is 41.8. The zero-order valence-electron chi connectivity index (χ0n) is 20.1. The Labute approximate surface area is 210 Å². The SMILES string of the molecule is CN(C)CCNC(=O)c1cnc(-c2cccc(Cn3nc(-c4cc(F)c(F)c(F)c4)ccc3=O)c2)nc1. The fourth-order valence-corrected chi connectivity index (χ4v) is 3.49. The van der Waals surface area contributed by atoms with Crippen LogP contribution < -0.4 is 10.9 Å². The number of benzene rings is 2. The zero-order valence-corrected chi connectivity index (χ0v) is 20.1. The summed E-state index contributed by atoms with van der Waals surface area (Å²) in [5, 5.41) is 6.98. The smallest absolute Gasteiger partial charge is 0.267 e. The number of carbonyl (C=O) groups is 1. The maximum atomic E-state index is 13.7. The van der Waals surface area contributed by atoms with Crippen LogP contribution in [0.4, 0.5) is 13.2 Å². The van der Waals surface area contributed by atoms with Crippen molar-refractivity contribution in [2.45, 2.75) is 6.54 Å². The molecular formula is C26H23F3N6O2. The highest BCUT2D eigenvalue weighted by atomic mass is 19.2. The summed E-state index contributed by atoms with van der Waals surface area (Å²) in [7, 11) is 3.82. The number of likely N-dealkylation sites (N-methyl/N-ethyl adjacent to an activating group) is 1. The molecule has 0 atom stereocenters. The predicted molar refractivity (Wildman–Crippen MR) is 131 cm³/mol. The Balaban J connectivity index is 1.53. The number of nitrogens with one attached hydrogen (secondary N) is 1. The quantitative estimate of drug-likeness (QED) is 0.368. The minimum absolute atomic E-state index is 0.00172. The molecular weight excluding hydrogens is 485 g/mol. The summed E-state index contributed by atoms with van der Waals surface area (Å²) in [5.41, 5.74) is 1.35. The number of hydrogen-bond acceptors (Lipinski definition) is 6. The maximum Gasteiger partial charge on any atom is 0.267 e. The molecule has 0 unspecified atom stereocenters. The van der Waals surface area contributed by atoms with Crippen LogP contribution in [0.2, 0.25) is 0 Å². The van der Waals surface area contributed by atoms with Crippen molar-refractivity contribution in [2.24, 2.45) is 0 Å². The molecule has 0 saturated carbocycles. The van der Waals surface area contributed by atoms with Gasteiger partial charge in [-0.25, -0.2) is 27.8 Å². The molecule has 0 aliphatic heterocycles. The Hall–Kier alpha value is -4.38. The summed E-state index contributed by atoms with van der Waals surface area (Å²) in [4.78, 5) is 35.2. The van der Waals surface area contributed by atoms with Crippen molar-refractivity contribution in [1.29, 1.82) is 0 Å². The normalized spacial score (nSPS) is 11.1. The topological polar surface area (TPSA) is 93.0 Å². The van der Waals surface area contributed by atoms with E-state index in [4.69, 9.17) is 0 Å². The van der Waals surface area contributed by atoms with Crippen LogP contribution in [0.25, 0.3) is 22.6 Å². The first-order valence-corrected chi connectivity index (χ1v) is 11.3. The Bertz CT molecular complexity index is 1470. The van der Waals surface area contributed by atoms with E-state index < -0.39 is 23.0 Å². The van der Waals surface area contributed by atoms with Gasteiger partial charge in [-0.15, -0.1) is 0 Å². The number of carbonyl (C=O) groups excluding carboxylic acids is 1. The molecule has 37 heavy (non-hydrogen) atoms. The van der Waals surface area contributed by atoms with Crippen molar-refractivity contribution in [3.8, 4) is 22.6 Å². The fraction of sp³-hybridized carbons (Fsp3) is 0.192. The number of amides is 1. The van der Waals surface area contributed by atoms with E-state index in [2.05, 4.69) is 20.4 Å². The number of hydrogen-bond donors (Lipinski definition) is 1. The van der Waals surface area contributed by atoms with Crippen molar-refractivity contribution in [1.82, 2.24) is 30.0 Å². The van der Waals surface area contributed by atoms with E-state index in [0.717, 1.165) is 16.8 Å². The van der Waals surface area contributed by atoms with Crippen LogP contribution in [-0.2, 0) is 6.54 Å². The highest BCUT2D eigenvalue weighted by molar-refractivity contribution is 5.93. The molecule has 2 aromatic carbocycles. The molecule has 0 aliphatic rings. The first-order valence-electron chi connectivity index (χ1n) is 11.3. The maximum absolute atomic E-state index is 13.7. The van der Waals surface area contributed by atoms with Crippen LogP contribution in [0, 0.1) is 17.5 Å². The van der Waals surface area contributed by atoms with E-state index in [1.807, 2.05) is 19.0 Å². The molecule has 0 fully saturated rings. The Morgan fingerprint density at radius 1 is 0.973 bits per heavy atom. The number of aromatic nitrogens is 4. The Morgan fingerprint density at radius 2 is 1.68 bits per heavy atom. The summed E-state index contributed by atoms with van der Waals surface area (Å²) in [5.74, 6) is -4.15. The van der Waals surface area contributed by atoms with Gasteiger partial charge >= 0.3 is 0 Å². The predicted octanol–water partition coefficient (Wildman–Crippen LogP) is 3.12. The van der Waals surface area contributed by atoms with Gasteiger partial charge in [0, 0.05) is 42.7 Å². The molecule has 0 spiro atoms. The molecule has 0 aliphatic carbocycles. The molecule has 2 aromatic heterocycles. The number of rotatable bonds is 8. The van der Waals surface area contributed by atoms with Gasteiger partial charge in [0.25, 0.3) is 11.5 Å². The summed E-state index contributed by atoms with van der Waals surface area (Å²) in [6.45, 7) is 1.25. The lowest BCUT2D eigenvalue weighted by molar-refractivity contribution is 0.0950. The molecule has 1 N–H and O–H groups in total. The molecule has 4 aromatic rings. The second kappa shape index (κ2) is 11.1. The van der Waals surface area contributed by atoms with Crippen molar-refractivity contribution in [3.05, 3.63) is 99.9 Å². The Kier molecular flexibility index (Phi) is 7.73. The van der Waals surface area contributed by atoms with Crippen LogP contribution >= 0.6 is 0 Å². The molecule has 8 nitrogen and oxygen atoms in total. The van der Waals surface area contributed by atoms with E-state index in [-0.39, 0.29) is 23.7 Å². The second-order valence-electron chi connectivity index (χ2n) is 8.52. The lowest BCUT2D eigenvalue weighted by atomic mass is 10.1. The van der Waals surface area contributed by atoms with Gasteiger partial charge in [-0.05, 0) is 43.9 Å². The molecule has 0 bridgehead atoms. The van der Waals surface area contributed by atoms with Crippen LogP contribution in [-0.4, -0.2) is 57.7 Å². The van der Waals surface area contributed by atoms with Gasteiger partial charge in [-0.2, -0.15) is 5.10 Å². The second-order valence-corrected chi connectivity index (χ2v) is 8.52. The largest absolute Gasteiger partial charge is 0.351 e. The van der Waals surface area contributed by atoms with E-state index >= 15 is 0 Å². The highest BCUT2D eigenvalue weighted by Crippen LogP contribution is 2.22. The van der Waals surface area contributed by atoms with E-state index in [1.165, 1.54) is 24.5 Å². The van der Waals surface area contributed by atoms with Crippen molar-refractivity contribution < 1.29 is 18.0 Å². The van der Waals surface area contributed by atoms with Crippen LogP contribution in [0.1, 0.15) is 15.9 Å². The van der Waals surface area contributed by atoms with Gasteiger partial charge < -0.3 is 10.2 Å². The first-order chi connectivity index (χ1) is 17.7. The van der Waals surface area contributed by atoms with Crippen molar-refractivity contribution in [2.75, 3.05) is 27.2 Å². The highest BCUT2D eigenvalue weighted by Gasteiger charge is 2.14. The fourth-order valence-electron chi connectivity index (χ4n) is 3.49. The molecule has 4 rings (SSSR count). The molecule has 190 valence electrons. The van der Waals surface area contributed by atoms with Crippen LogP contribution in [0.5, 0.6) is 0 Å². The zero-order chi connectivity index (χ0) is 26.5. The third-order valence-corrected chi connectivity index (χ3v) is 5.42. The molecule has 0 radical (unpaired) electrons. The van der Waals surface area contributed by atoms with E-state index in [9.17, 15) is 22.8 Å². The molecule has 2 heterocycles. The molecule has 1 amide bonds. The van der Waals surface area contributed by atoms with Gasteiger partial charge in [0.1, 0.15) is 0 Å². The summed E-state index contributed by atoms with van der Waals surface area (Å²) in [6.07, 6.45) is 2.88. The number of halogens is 3. The van der Waals surface area contributed by atoms with E-state index in [0.29, 0.717) is 35.6 Å². The minimum Gasteiger partial charge on any atom is -0.351 e. The average Bonchev–Trinajstić information content (AvgIpc) is 2.88. The Morgan fingerprint density at radius 3 is 2.35 bits per heavy atom. The average molecular weight is 509 g/mol.